The van der Waals surface area contributed by atoms with Gasteiger partial charge in [0.05, 0.1) is 27.7 Å². The fraction of sp³-hybridized carbons (Fsp3) is 1.00. The lowest BCUT2D eigenvalue weighted by molar-refractivity contribution is -0.870. The van der Waals surface area contributed by atoms with Gasteiger partial charge in [0.2, 0.25) is 0 Å². The molecule has 0 aliphatic carbocycles. The number of unbranched alkanes of at least 4 members (excludes halogenated alkanes) is 9. The molecule has 22 heavy (non-hydrogen) atoms. The van der Waals surface area contributed by atoms with Crippen molar-refractivity contribution in [3.63, 3.8) is 0 Å². The van der Waals surface area contributed by atoms with Crippen LogP contribution in [0.5, 0.6) is 0 Å². The lowest BCUT2D eigenvalue weighted by Crippen LogP contribution is -3.00. The Bertz CT molecular complexity index is 214. The Labute approximate surface area is 147 Å². The van der Waals surface area contributed by atoms with Crippen molar-refractivity contribution in [2.75, 3.05) is 47.8 Å². The summed E-state index contributed by atoms with van der Waals surface area (Å²) >= 11 is 0. The van der Waals surface area contributed by atoms with E-state index in [2.05, 4.69) is 40.0 Å². The van der Waals surface area contributed by atoms with Gasteiger partial charge in [0, 0.05) is 13.0 Å². The summed E-state index contributed by atoms with van der Waals surface area (Å²) in [5.74, 6) is 0. The van der Waals surface area contributed by atoms with E-state index in [9.17, 15) is 0 Å². The van der Waals surface area contributed by atoms with E-state index in [4.69, 9.17) is 0 Å². The summed E-state index contributed by atoms with van der Waals surface area (Å²) in [5.41, 5.74) is 0. The Balaban J connectivity index is 0. The predicted octanol–water partition coefficient (Wildman–Crippen LogP) is 1.94. The first-order chi connectivity index (χ1) is 9.95. The predicted molar refractivity (Wildman–Crippen MR) is 96.9 cm³/mol. The zero-order valence-corrected chi connectivity index (χ0v) is 16.9. The molecule has 0 aromatic rings. The second-order valence-corrected chi connectivity index (χ2v) is 7.85. The van der Waals surface area contributed by atoms with Crippen LogP contribution in [0.15, 0.2) is 0 Å². The van der Waals surface area contributed by atoms with Crippen molar-refractivity contribution in [2.24, 2.45) is 0 Å². The minimum absolute atomic E-state index is 0. The van der Waals surface area contributed by atoms with Gasteiger partial charge in [0.15, 0.2) is 0 Å². The van der Waals surface area contributed by atoms with Gasteiger partial charge >= 0.3 is 0 Å². The number of quaternary nitrogens is 1. The quantitative estimate of drug-likeness (QED) is 0.327. The molecule has 0 radical (unpaired) electrons. The van der Waals surface area contributed by atoms with Gasteiger partial charge in [0.25, 0.3) is 0 Å². The van der Waals surface area contributed by atoms with Gasteiger partial charge < -0.3 is 21.8 Å². The highest BCUT2D eigenvalue weighted by atomic mass is 35.5. The van der Waals surface area contributed by atoms with Crippen molar-refractivity contribution in [1.29, 1.82) is 0 Å². The summed E-state index contributed by atoms with van der Waals surface area (Å²) < 4.78 is 1.09. The van der Waals surface area contributed by atoms with E-state index in [1.807, 2.05) is 0 Å². The van der Waals surface area contributed by atoms with E-state index < -0.39 is 0 Å². The molecule has 3 heteroatoms. The van der Waals surface area contributed by atoms with Gasteiger partial charge in [-0.25, -0.2) is 0 Å². The molecular formula is C19H43ClN2. The molecule has 0 amide bonds. The molecule has 0 saturated heterocycles. The number of hydrogen-bond acceptors (Lipinski definition) is 1. The third-order valence-corrected chi connectivity index (χ3v) is 4.26. The van der Waals surface area contributed by atoms with Crippen LogP contribution < -0.4 is 12.4 Å². The van der Waals surface area contributed by atoms with Crippen LogP contribution in [-0.2, 0) is 0 Å². The zero-order valence-electron chi connectivity index (χ0n) is 16.2. The second-order valence-electron chi connectivity index (χ2n) is 7.85. The maximum absolute atomic E-state index is 2.51. The largest absolute Gasteiger partial charge is 1.00 e. The van der Waals surface area contributed by atoms with Crippen molar-refractivity contribution in [2.45, 2.75) is 77.6 Å². The van der Waals surface area contributed by atoms with E-state index >= 15 is 0 Å². The summed E-state index contributed by atoms with van der Waals surface area (Å²) in [6.45, 7) is 6.11. The standard InChI is InChI=1S/C19H43N2.ClH/c1-6-7-8-9-10-11-12-13-14-15-17-20(2)18-16-19-21(3,4)5;/h6-19H2,1-5H3;1H/q+1;/p-1. The monoisotopic (exact) mass is 334 g/mol. The number of rotatable bonds is 15. The molecular weight excluding hydrogens is 292 g/mol. The van der Waals surface area contributed by atoms with Crippen LogP contribution in [0.1, 0.15) is 77.6 Å². The first-order valence-electron chi connectivity index (χ1n) is 9.44. The van der Waals surface area contributed by atoms with Gasteiger partial charge in [-0.2, -0.15) is 0 Å². The zero-order chi connectivity index (χ0) is 16.0. The number of halogens is 1. The Hall–Kier alpha value is 0.210. The third-order valence-electron chi connectivity index (χ3n) is 4.26. The lowest BCUT2D eigenvalue weighted by Gasteiger charge is -2.25. The molecule has 0 aromatic heterocycles. The van der Waals surface area contributed by atoms with Crippen LogP contribution in [0.25, 0.3) is 0 Å². The van der Waals surface area contributed by atoms with E-state index in [0.29, 0.717) is 0 Å². The summed E-state index contributed by atoms with van der Waals surface area (Å²) in [6, 6.07) is 0. The fourth-order valence-corrected chi connectivity index (χ4v) is 2.80. The van der Waals surface area contributed by atoms with Gasteiger partial charge in [-0.05, 0) is 20.0 Å². The Morgan fingerprint density at radius 2 is 1.05 bits per heavy atom. The van der Waals surface area contributed by atoms with Crippen LogP contribution in [0.3, 0.4) is 0 Å². The molecule has 0 bridgehead atoms. The van der Waals surface area contributed by atoms with Gasteiger partial charge in [-0.15, -0.1) is 0 Å². The van der Waals surface area contributed by atoms with Crippen LogP contribution in [-0.4, -0.2) is 57.2 Å². The molecule has 0 aliphatic heterocycles. The topological polar surface area (TPSA) is 3.24 Å². The third kappa shape index (κ3) is 20.2. The van der Waals surface area contributed by atoms with Gasteiger partial charge in [-0.3, -0.25) is 0 Å². The number of nitrogens with zero attached hydrogens (tertiary/aromatic N) is 2. The van der Waals surface area contributed by atoms with E-state index in [-0.39, 0.29) is 12.4 Å². The van der Waals surface area contributed by atoms with E-state index in [1.54, 1.807) is 0 Å². The van der Waals surface area contributed by atoms with E-state index in [1.165, 1.54) is 90.3 Å². The maximum atomic E-state index is 2.51. The van der Waals surface area contributed by atoms with Crippen molar-refractivity contribution in [3.05, 3.63) is 0 Å². The van der Waals surface area contributed by atoms with Crippen LogP contribution in [0, 0.1) is 0 Å². The average Bonchev–Trinajstić information content (AvgIpc) is 2.39. The molecule has 0 fully saturated rings. The van der Waals surface area contributed by atoms with Gasteiger partial charge in [-0.1, -0.05) is 64.7 Å². The molecule has 0 aromatic carbocycles. The highest BCUT2D eigenvalue weighted by molar-refractivity contribution is 4.53. The summed E-state index contributed by atoms with van der Waals surface area (Å²) in [5, 5.41) is 0. The molecule has 2 nitrogen and oxygen atoms in total. The Morgan fingerprint density at radius 3 is 1.50 bits per heavy atom. The minimum Gasteiger partial charge on any atom is -1.00 e. The van der Waals surface area contributed by atoms with Crippen LogP contribution >= 0.6 is 0 Å². The summed E-state index contributed by atoms with van der Waals surface area (Å²) in [6.07, 6.45) is 15.7. The molecule has 0 rings (SSSR count). The Morgan fingerprint density at radius 1 is 0.636 bits per heavy atom. The smallest absolute Gasteiger partial charge is 0.0792 e. The molecule has 0 unspecified atom stereocenters. The summed E-state index contributed by atoms with van der Waals surface area (Å²) in [4.78, 5) is 2.51. The van der Waals surface area contributed by atoms with E-state index in [0.717, 1.165) is 4.48 Å². The molecule has 0 aliphatic rings. The SMILES string of the molecule is CCCCCCCCCCCCN(C)CCC[N+](C)(C)C.[Cl-]. The second kappa shape index (κ2) is 16.1. The minimum atomic E-state index is 0. The molecule has 0 saturated carbocycles. The normalized spacial score (nSPS) is 11.7. The summed E-state index contributed by atoms with van der Waals surface area (Å²) in [7, 11) is 9.12. The van der Waals surface area contributed by atoms with Crippen molar-refractivity contribution in [3.8, 4) is 0 Å². The van der Waals surface area contributed by atoms with Gasteiger partial charge in [0.1, 0.15) is 0 Å². The highest BCUT2D eigenvalue weighted by Crippen LogP contribution is 2.10. The lowest BCUT2D eigenvalue weighted by atomic mass is 10.1. The van der Waals surface area contributed by atoms with Crippen LogP contribution in [0.4, 0.5) is 0 Å². The molecule has 0 heterocycles. The molecule has 0 atom stereocenters. The molecule has 136 valence electrons. The Kier molecular flexibility index (Phi) is 17.9. The first kappa shape index (κ1) is 24.5. The fourth-order valence-electron chi connectivity index (χ4n) is 2.80. The van der Waals surface area contributed by atoms with Crippen molar-refractivity contribution >= 4 is 0 Å². The average molecular weight is 335 g/mol. The molecule has 0 N–H and O–H groups in total. The number of hydrogen-bond donors (Lipinski definition) is 0. The first-order valence-corrected chi connectivity index (χ1v) is 9.44. The van der Waals surface area contributed by atoms with Crippen LogP contribution in [0.2, 0.25) is 0 Å². The maximum Gasteiger partial charge on any atom is 0.0792 e. The van der Waals surface area contributed by atoms with Crippen molar-refractivity contribution < 1.29 is 16.9 Å². The highest BCUT2D eigenvalue weighted by Gasteiger charge is 2.07. The van der Waals surface area contributed by atoms with Crippen molar-refractivity contribution in [1.82, 2.24) is 4.90 Å². The molecule has 0 spiro atoms.